The summed E-state index contributed by atoms with van der Waals surface area (Å²) in [6.07, 6.45) is 0.662. The number of amides is 2. The van der Waals surface area contributed by atoms with Gasteiger partial charge in [0.1, 0.15) is 11.9 Å². The molecule has 17 heavy (non-hydrogen) atoms. The Labute approximate surface area is 98.2 Å². The fourth-order valence-electron chi connectivity index (χ4n) is 1.76. The number of benzene rings is 1. The zero-order valence-corrected chi connectivity index (χ0v) is 9.42. The largest absolute Gasteiger partial charge is 0.371 e. The molecule has 0 bridgehead atoms. The SMILES string of the molecule is Cc1ccc(NC2CCC(=O)NC2=O)c(F)c1. The van der Waals surface area contributed by atoms with Crippen LogP contribution in [-0.2, 0) is 9.59 Å². The van der Waals surface area contributed by atoms with Gasteiger partial charge in [-0.05, 0) is 31.0 Å². The molecule has 1 heterocycles. The second-order valence-corrected chi connectivity index (χ2v) is 4.13. The van der Waals surface area contributed by atoms with Gasteiger partial charge in [-0.3, -0.25) is 14.9 Å². The molecule has 1 unspecified atom stereocenters. The lowest BCUT2D eigenvalue weighted by atomic mass is 10.1. The summed E-state index contributed by atoms with van der Waals surface area (Å²) in [5, 5.41) is 5.03. The monoisotopic (exact) mass is 236 g/mol. The van der Waals surface area contributed by atoms with Crippen molar-refractivity contribution in [2.24, 2.45) is 0 Å². The van der Waals surface area contributed by atoms with Crippen molar-refractivity contribution < 1.29 is 14.0 Å². The number of carbonyl (C=O) groups is 2. The summed E-state index contributed by atoms with van der Waals surface area (Å²) in [6.45, 7) is 1.79. The van der Waals surface area contributed by atoms with E-state index in [1.54, 1.807) is 19.1 Å². The average Bonchev–Trinajstić information content (AvgIpc) is 2.25. The van der Waals surface area contributed by atoms with Crippen LogP contribution < -0.4 is 10.6 Å². The summed E-state index contributed by atoms with van der Waals surface area (Å²) in [5.41, 5.74) is 1.10. The predicted octanol–water partition coefficient (Wildman–Crippen LogP) is 1.35. The lowest BCUT2D eigenvalue weighted by molar-refractivity contribution is -0.133. The Hall–Kier alpha value is -1.91. The van der Waals surface area contributed by atoms with Crippen molar-refractivity contribution in [2.75, 3.05) is 5.32 Å². The molecule has 1 fully saturated rings. The number of hydrogen-bond donors (Lipinski definition) is 2. The van der Waals surface area contributed by atoms with Gasteiger partial charge >= 0.3 is 0 Å². The number of nitrogens with one attached hydrogen (secondary N) is 2. The van der Waals surface area contributed by atoms with Gasteiger partial charge in [0.2, 0.25) is 11.8 Å². The van der Waals surface area contributed by atoms with Gasteiger partial charge in [-0.25, -0.2) is 4.39 Å². The fourth-order valence-corrected chi connectivity index (χ4v) is 1.76. The maximum absolute atomic E-state index is 13.5. The molecule has 0 saturated carbocycles. The Bertz CT molecular complexity index is 474. The van der Waals surface area contributed by atoms with Crippen LogP contribution in [0, 0.1) is 12.7 Å². The van der Waals surface area contributed by atoms with Gasteiger partial charge < -0.3 is 5.32 Å². The lowest BCUT2D eigenvalue weighted by Gasteiger charge is -2.23. The molecule has 0 aromatic heterocycles. The van der Waals surface area contributed by atoms with Crippen LogP contribution >= 0.6 is 0 Å². The minimum atomic E-state index is -0.551. The first-order valence-electron chi connectivity index (χ1n) is 5.42. The Morgan fingerprint density at radius 3 is 2.82 bits per heavy atom. The van der Waals surface area contributed by atoms with E-state index in [-0.39, 0.29) is 18.0 Å². The molecule has 2 amide bonds. The van der Waals surface area contributed by atoms with E-state index < -0.39 is 17.8 Å². The Kier molecular flexibility index (Phi) is 3.08. The first-order valence-corrected chi connectivity index (χ1v) is 5.42. The molecule has 0 aliphatic carbocycles. The Morgan fingerprint density at radius 1 is 1.41 bits per heavy atom. The van der Waals surface area contributed by atoms with E-state index in [0.717, 1.165) is 5.56 Å². The molecule has 0 spiro atoms. The van der Waals surface area contributed by atoms with E-state index in [1.165, 1.54) is 6.07 Å². The molecule has 2 N–H and O–H groups in total. The summed E-state index contributed by atoms with van der Waals surface area (Å²) in [7, 11) is 0. The zero-order chi connectivity index (χ0) is 12.4. The third-order valence-corrected chi connectivity index (χ3v) is 2.69. The first-order chi connectivity index (χ1) is 8.06. The van der Waals surface area contributed by atoms with E-state index in [4.69, 9.17) is 0 Å². The van der Waals surface area contributed by atoms with Gasteiger partial charge in [0.15, 0.2) is 0 Å². The maximum atomic E-state index is 13.5. The van der Waals surface area contributed by atoms with Crippen LogP contribution in [0.2, 0.25) is 0 Å². The van der Waals surface area contributed by atoms with E-state index in [9.17, 15) is 14.0 Å². The Balaban J connectivity index is 2.10. The third-order valence-electron chi connectivity index (χ3n) is 2.69. The number of imide groups is 1. The van der Waals surface area contributed by atoms with Crippen molar-refractivity contribution >= 4 is 17.5 Å². The standard InChI is InChI=1S/C12H13FN2O2/c1-7-2-3-9(8(13)6-7)14-10-4-5-11(16)15-12(10)17/h2-3,6,10,14H,4-5H2,1H3,(H,15,16,17). The molecular weight excluding hydrogens is 223 g/mol. The highest BCUT2D eigenvalue weighted by atomic mass is 19.1. The van der Waals surface area contributed by atoms with Gasteiger partial charge in [0.05, 0.1) is 5.69 Å². The minimum absolute atomic E-state index is 0.275. The maximum Gasteiger partial charge on any atom is 0.249 e. The summed E-state index contributed by atoms with van der Waals surface area (Å²) in [6, 6.07) is 4.20. The summed E-state index contributed by atoms with van der Waals surface area (Å²) in [4.78, 5) is 22.4. The van der Waals surface area contributed by atoms with Crippen LogP contribution in [0.25, 0.3) is 0 Å². The molecule has 4 nitrogen and oxygen atoms in total. The number of hydrogen-bond acceptors (Lipinski definition) is 3. The Morgan fingerprint density at radius 2 is 2.18 bits per heavy atom. The molecule has 90 valence electrons. The summed E-state index contributed by atoms with van der Waals surface area (Å²) < 4.78 is 13.5. The third kappa shape index (κ3) is 2.61. The van der Waals surface area contributed by atoms with Crippen LogP contribution in [0.4, 0.5) is 10.1 Å². The van der Waals surface area contributed by atoms with Crippen LogP contribution in [0.5, 0.6) is 0 Å². The summed E-state index contributed by atoms with van der Waals surface area (Å²) in [5.74, 6) is -1.08. The number of carbonyl (C=O) groups excluding carboxylic acids is 2. The molecule has 2 rings (SSSR count). The van der Waals surface area contributed by atoms with Gasteiger partial charge in [-0.15, -0.1) is 0 Å². The number of halogens is 1. The highest BCUT2D eigenvalue weighted by molar-refractivity contribution is 6.01. The van der Waals surface area contributed by atoms with Gasteiger partial charge in [0, 0.05) is 6.42 Å². The number of aryl methyl sites for hydroxylation is 1. The van der Waals surface area contributed by atoms with Crippen molar-refractivity contribution in [1.29, 1.82) is 0 Å². The van der Waals surface area contributed by atoms with Crippen LogP contribution in [-0.4, -0.2) is 17.9 Å². The van der Waals surface area contributed by atoms with Gasteiger partial charge in [-0.2, -0.15) is 0 Å². The number of piperidine rings is 1. The highest BCUT2D eigenvalue weighted by Crippen LogP contribution is 2.18. The van der Waals surface area contributed by atoms with Gasteiger partial charge in [-0.1, -0.05) is 6.07 Å². The second-order valence-electron chi connectivity index (χ2n) is 4.13. The van der Waals surface area contributed by atoms with Crippen molar-refractivity contribution in [3.05, 3.63) is 29.6 Å². The van der Waals surface area contributed by atoms with Crippen molar-refractivity contribution in [3.8, 4) is 0 Å². The van der Waals surface area contributed by atoms with Crippen molar-refractivity contribution in [1.82, 2.24) is 5.32 Å². The van der Waals surface area contributed by atoms with E-state index in [0.29, 0.717) is 6.42 Å². The minimum Gasteiger partial charge on any atom is -0.371 e. The van der Waals surface area contributed by atoms with E-state index in [1.807, 2.05) is 0 Å². The van der Waals surface area contributed by atoms with E-state index in [2.05, 4.69) is 10.6 Å². The molecule has 1 aliphatic rings. The number of rotatable bonds is 2. The fraction of sp³-hybridized carbons (Fsp3) is 0.333. The first kappa shape index (κ1) is 11.6. The molecule has 1 aromatic carbocycles. The summed E-state index contributed by atoms with van der Waals surface area (Å²) >= 11 is 0. The van der Waals surface area contributed by atoms with Crippen molar-refractivity contribution in [3.63, 3.8) is 0 Å². The lowest BCUT2D eigenvalue weighted by Crippen LogP contribution is -2.47. The molecule has 5 heteroatoms. The van der Waals surface area contributed by atoms with Gasteiger partial charge in [0.25, 0.3) is 0 Å². The second kappa shape index (κ2) is 4.53. The van der Waals surface area contributed by atoms with Crippen LogP contribution in [0.15, 0.2) is 18.2 Å². The number of anilines is 1. The normalized spacial score (nSPS) is 20.0. The molecule has 1 aromatic rings. The molecule has 1 atom stereocenters. The van der Waals surface area contributed by atoms with Crippen LogP contribution in [0.3, 0.4) is 0 Å². The highest BCUT2D eigenvalue weighted by Gasteiger charge is 2.26. The average molecular weight is 236 g/mol. The zero-order valence-electron chi connectivity index (χ0n) is 9.42. The topological polar surface area (TPSA) is 58.2 Å². The molecule has 1 saturated heterocycles. The van der Waals surface area contributed by atoms with Crippen molar-refractivity contribution in [2.45, 2.75) is 25.8 Å². The van der Waals surface area contributed by atoms with E-state index >= 15 is 0 Å². The smallest absolute Gasteiger partial charge is 0.249 e. The molecular formula is C12H13FN2O2. The molecule has 0 radical (unpaired) electrons. The quantitative estimate of drug-likeness (QED) is 0.762. The van der Waals surface area contributed by atoms with Crippen LogP contribution in [0.1, 0.15) is 18.4 Å². The predicted molar refractivity (Wildman–Crippen MR) is 60.9 cm³/mol. The molecule has 1 aliphatic heterocycles.